The van der Waals surface area contributed by atoms with Gasteiger partial charge in [0, 0.05) is 25.8 Å². The van der Waals surface area contributed by atoms with Crippen molar-refractivity contribution in [2.45, 2.75) is 13.8 Å². The van der Waals surface area contributed by atoms with Crippen LogP contribution in [0.15, 0.2) is 58.8 Å². The van der Waals surface area contributed by atoms with Crippen molar-refractivity contribution in [3.8, 4) is 0 Å². The molecule has 1 aromatic heterocycles. The lowest BCUT2D eigenvalue weighted by Gasteiger charge is -2.20. The molecule has 0 spiro atoms. The van der Waals surface area contributed by atoms with Crippen LogP contribution in [0.4, 0.5) is 17.2 Å². The molecule has 0 aliphatic rings. The van der Waals surface area contributed by atoms with E-state index < -0.39 is 0 Å². The summed E-state index contributed by atoms with van der Waals surface area (Å²) in [7, 11) is 4.03. The third kappa shape index (κ3) is 2.89. The van der Waals surface area contributed by atoms with E-state index in [4.69, 9.17) is 0 Å². The molecule has 3 aromatic rings. The first-order valence-corrected chi connectivity index (χ1v) is 8.36. The first-order valence-electron chi connectivity index (χ1n) is 8.36. The van der Waals surface area contributed by atoms with Gasteiger partial charge in [-0.05, 0) is 55.4 Å². The zero-order valence-electron chi connectivity index (χ0n) is 14.8. The molecule has 0 unspecified atom stereocenters. The maximum absolute atomic E-state index is 4.49. The summed E-state index contributed by atoms with van der Waals surface area (Å²) >= 11 is 0. The summed E-state index contributed by atoms with van der Waals surface area (Å²) in [5.74, 6) is 0.862. The summed E-state index contributed by atoms with van der Waals surface area (Å²) < 4.78 is 4.09. The van der Waals surface area contributed by atoms with Crippen molar-refractivity contribution in [2.75, 3.05) is 18.0 Å². The van der Waals surface area contributed by atoms with Gasteiger partial charge in [-0.25, -0.2) is 4.68 Å². The molecule has 3 rings (SSSR count). The first kappa shape index (κ1) is 16.2. The van der Waals surface area contributed by atoms with E-state index >= 15 is 0 Å². The highest BCUT2D eigenvalue weighted by molar-refractivity contribution is 5.86. The Balaban J connectivity index is 1.90. The first-order chi connectivity index (χ1) is 11.7. The number of anilines is 1. The van der Waals surface area contributed by atoms with E-state index in [0.717, 1.165) is 35.5 Å². The minimum Gasteiger partial charge on any atom is -0.372 e. The van der Waals surface area contributed by atoms with E-state index in [1.165, 1.54) is 5.69 Å². The fourth-order valence-electron chi connectivity index (χ4n) is 2.97. The number of rotatable bonds is 5. The van der Waals surface area contributed by atoms with Crippen molar-refractivity contribution in [3.63, 3.8) is 0 Å². The normalized spacial score (nSPS) is 11.5. The third-order valence-corrected chi connectivity index (χ3v) is 4.49. The molecule has 5 heteroatoms. The van der Waals surface area contributed by atoms with Gasteiger partial charge in [0.25, 0.3) is 0 Å². The molecule has 0 radical (unpaired) electrons. The Morgan fingerprint density at radius 2 is 1.62 bits per heavy atom. The Morgan fingerprint density at radius 1 is 0.958 bits per heavy atom. The van der Waals surface area contributed by atoms with Gasteiger partial charge < -0.3 is 4.90 Å². The van der Waals surface area contributed by atoms with Crippen molar-refractivity contribution >= 4 is 28.1 Å². The number of hydrogen-bond donors (Lipinski definition) is 0. The zero-order chi connectivity index (χ0) is 17.1. The van der Waals surface area contributed by atoms with Gasteiger partial charge in [-0.3, -0.25) is 0 Å². The van der Waals surface area contributed by atoms with E-state index in [2.05, 4.69) is 57.9 Å². The number of nitrogens with zero attached hydrogens (tertiary/aromatic N) is 5. The van der Waals surface area contributed by atoms with Crippen LogP contribution in [0, 0.1) is 0 Å². The van der Waals surface area contributed by atoms with Crippen LogP contribution in [0.3, 0.4) is 0 Å². The molecular formula is C19H24N5+. The Kier molecular flexibility index (Phi) is 4.60. The molecule has 0 atom stereocenters. The SMILES string of the molecule is CCN(CC)c1ccc(N=Nc2c3ccccc3n(C)[n+]2C)cc1. The summed E-state index contributed by atoms with van der Waals surface area (Å²) in [5.41, 5.74) is 3.22. The standard InChI is InChI=1S/C19H24N5/c1-5-24(6-2)16-13-11-15(12-14-16)20-21-19-17-9-7-8-10-18(17)22(3)23(19)4/h7-14H,5-6H2,1-4H3/q+1. The van der Waals surface area contributed by atoms with Gasteiger partial charge >= 0.3 is 5.82 Å². The number of aryl methyl sites for hydroxylation is 1. The van der Waals surface area contributed by atoms with Crippen LogP contribution in [0.2, 0.25) is 0 Å². The highest BCUT2D eigenvalue weighted by Crippen LogP contribution is 2.25. The molecule has 0 amide bonds. The van der Waals surface area contributed by atoms with E-state index in [1.807, 2.05) is 43.0 Å². The van der Waals surface area contributed by atoms with Crippen LogP contribution in [-0.2, 0) is 14.1 Å². The molecule has 2 aromatic carbocycles. The van der Waals surface area contributed by atoms with E-state index in [-0.39, 0.29) is 0 Å². The Bertz CT molecular complexity index is 857. The fourth-order valence-corrected chi connectivity index (χ4v) is 2.97. The van der Waals surface area contributed by atoms with Crippen LogP contribution < -0.4 is 9.58 Å². The van der Waals surface area contributed by atoms with Gasteiger partial charge in [-0.2, -0.15) is 4.68 Å². The van der Waals surface area contributed by atoms with Gasteiger partial charge in [0.1, 0.15) is 12.7 Å². The fraction of sp³-hybridized carbons (Fsp3) is 0.316. The predicted molar refractivity (Wildman–Crippen MR) is 98.3 cm³/mol. The lowest BCUT2D eigenvalue weighted by molar-refractivity contribution is -0.737. The summed E-state index contributed by atoms with van der Waals surface area (Å²) in [6.45, 7) is 6.33. The van der Waals surface area contributed by atoms with Crippen LogP contribution in [0.5, 0.6) is 0 Å². The van der Waals surface area contributed by atoms with E-state index in [0.29, 0.717) is 0 Å². The number of hydrogen-bond acceptors (Lipinski definition) is 3. The highest BCUT2D eigenvalue weighted by Gasteiger charge is 2.19. The smallest absolute Gasteiger partial charge is 0.372 e. The number of fused-ring (bicyclic) bond motifs is 1. The molecule has 0 saturated carbocycles. The van der Waals surface area contributed by atoms with E-state index in [9.17, 15) is 0 Å². The summed E-state index contributed by atoms with van der Waals surface area (Å²) in [4.78, 5) is 2.31. The molecule has 5 nitrogen and oxygen atoms in total. The van der Waals surface area contributed by atoms with Gasteiger partial charge in [0.05, 0.1) is 16.0 Å². The number of benzene rings is 2. The average Bonchev–Trinajstić information content (AvgIpc) is 2.87. The van der Waals surface area contributed by atoms with Crippen LogP contribution in [0.25, 0.3) is 10.9 Å². The molecule has 0 N–H and O–H groups in total. The molecule has 124 valence electrons. The highest BCUT2D eigenvalue weighted by atomic mass is 15.4. The average molecular weight is 322 g/mol. The number of aromatic nitrogens is 2. The molecule has 0 saturated heterocycles. The summed E-state index contributed by atoms with van der Waals surface area (Å²) in [6.07, 6.45) is 0. The van der Waals surface area contributed by atoms with E-state index in [1.54, 1.807) is 0 Å². The monoisotopic (exact) mass is 322 g/mol. The van der Waals surface area contributed by atoms with Crippen molar-refractivity contribution in [1.29, 1.82) is 0 Å². The Hall–Kier alpha value is -2.69. The topological polar surface area (TPSA) is 36.8 Å². The van der Waals surface area contributed by atoms with Crippen molar-refractivity contribution in [2.24, 2.45) is 24.3 Å². The Labute approximate surface area is 142 Å². The molecule has 24 heavy (non-hydrogen) atoms. The predicted octanol–water partition coefficient (Wildman–Crippen LogP) is 4.26. The van der Waals surface area contributed by atoms with Gasteiger partial charge in [0.2, 0.25) is 0 Å². The van der Waals surface area contributed by atoms with Crippen molar-refractivity contribution in [3.05, 3.63) is 48.5 Å². The molecule has 0 aliphatic heterocycles. The third-order valence-electron chi connectivity index (χ3n) is 4.49. The zero-order valence-corrected chi connectivity index (χ0v) is 14.8. The van der Waals surface area contributed by atoms with Crippen LogP contribution >= 0.6 is 0 Å². The molecule has 0 fully saturated rings. The van der Waals surface area contributed by atoms with Gasteiger partial charge in [-0.15, -0.1) is 0 Å². The molecule has 0 aliphatic carbocycles. The summed E-state index contributed by atoms with van der Waals surface area (Å²) in [5, 5.41) is 10.0. The number of para-hydroxylation sites is 1. The van der Waals surface area contributed by atoms with Crippen LogP contribution in [-0.4, -0.2) is 17.8 Å². The second-order valence-electron chi connectivity index (χ2n) is 5.78. The van der Waals surface area contributed by atoms with Crippen LogP contribution in [0.1, 0.15) is 13.8 Å². The second-order valence-corrected chi connectivity index (χ2v) is 5.78. The number of azo groups is 1. The molecular weight excluding hydrogens is 298 g/mol. The van der Waals surface area contributed by atoms with Gasteiger partial charge in [-0.1, -0.05) is 12.1 Å². The quantitative estimate of drug-likeness (QED) is 0.510. The Morgan fingerprint density at radius 3 is 2.29 bits per heavy atom. The summed E-state index contributed by atoms with van der Waals surface area (Å²) in [6, 6.07) is 16.5. The van der Waals surface area contributed by atoms with Crippen molar-refractivity contribution < 1.29 is 4.68 Å². The lowest BCUT2D eigenvalue weighted by Crippen LogP contribution is -2.36. The molecule has 1 heterocycles. The lowest BCUT2D eigenvalue weighted by atomic mass is 10.2. The minimum atomic E-state index is 0.860. The van der Waals surface area contributed by atoms with Crippen molar-refractivity contribution in [1.82, 2.24) is 4.68 Å². The second kappa shape index (κ2) is 6.83. The largest absolute Gasteiger partial charge is 0.378 e. The molecule has 0 bridgehead atoms. The minimum absolute atomic E-state index is 0.860. The maximum atomic E-state index is 4.49. The van der Waals surface area contributed by atoms with Gasteiger partial charge in [0.15, 0.2) is 0 Å². The maximum Gasteiger partial charge on any atom is 0.378 e.